The van der Waals surface area contributed by atoms with E-state index in [4.69, 9.17) is 17.3 Å². The van der Waals surface area contributed by atoms with Crippen LogP contribution in [0, 0.1) is 0 Å². The minimum Gasteiger partial charge on any atom is -0.399 e. The summed E-state index contributed by atoms with van der Waals surface area (Å²) in [7, 11) is 0. The van der Waals surface area contributed by atoms with Crippen molar-refractivity contribution in [3.05, 3.63) is 28.8 Å². The smallest absolute Gasteiger partial charge is 0.255 e. The van der Waals surface area contributed by atoms with Crippen molar-refractivity contribution >= 4 is 23.2 Å². The highest BCUT2D eigenvalue weighted by Crippen LogP contribution is 2.22. The average Bonchev–Trinajstić information content (AvgIpc) is 2.33. The molecule has 1 aromatic carbocycles. The number of unbranched alkanes of at least 4 members (excludes halogenated alkanes) is 2. The van der Waals surface area contributed by atoms with Crippen LogP contribution in [0.25, 0.3) is 0 Å². The quantitative estimate of drug-likeness (QED) is 0.634. The number of benzene rings is 1. The SMILES string of the molecule is CCCCCN(C(=O)c1ccc(N)cc1Cl)C(C)C. The number of hydrogen-bond donors (Lipinski definition) is 1. The Hall–Kier alpha value is -1.22. The lowest BCUT2D eigenvalue weighted by atomic mass is 10.1. The molecule has 0 spiro atoms. The second kappa shape index (κ2) is 7.39. The van der Waals surface area contributed by atoms with Crippen LogP contribution in [0.15, 0.2) is 18.2 Å². The third-order valence-electron chi connectivity index (χ3n) is 3.11. The van der Waals surface area contributed by atoms with Crippen molar-refractivity contribution in [3.8, 4) is 0 Å². The second-order valence-electron chi connectivity index (χ2n) is 5.04. The van der Waals surface area contributed by atoms with E-state index < -0.39 is 0 Å². The van der Waals surface area contributed by atoms with Gasteiger partial charge in [-0.15, -0.1) is 0 Å². The van der Waals surface area contributed by atoms with Crippen LogP contribution in [0.3, 0.4) is 0 Å². The number of nitrogens with two attached hydrogens (primary N) is 1. The molecule has 4 heteroatoms. The van der Waals surface area contributed by atoms with Gasteiger partial charge < -0.3 is 10.6 Å². The van der Waals surface area contributed by atoms with Gasteiger partial charge in [-0.3, -0.25) is 4.79 Å². The lowest BCUT2D eigenvalue weighted by molar-refractivity contribution is 0.0702. The van der Waals surface area contributed by atoms with Crippen LogP contribution in [0.4, 0.5) is 5.69 Å². The Bertz CT molecular complexity index is 432. The molecule has 3 nitrogen and oxygen atoms in total. The van der Waals surface area contributed by atoms with E-state index in [1.807, 2.05) is 18.7 Å². The molecule has 1 amide bonds. The number of anilines is 1. The van der Waals surface area contributed by atoms with Gasteiger partial charge in [0, 0.05) is 18.3 Å². The Labute approximate surface area is 120 Å². The van der Waals surface area contributed by atoms with Gasteiger partial charge >= 0.3 is 0 Å². The predicted molar refractivity (Wildman–Crippen MR) is 81.6 cm³/mol. The number of amides is 1. The fraction of sp³-hybridized carbons (Fsp3) is 0.533. The molecule has 1 rings (SSSR count). The molecule has 0 saturated heterocycles. The number of nitrogen functional groups attached to an aromatic ring is 1. The van der Waals surface area contributed by atoms with Crippen LogP contribution in [0.2, 0.25) is 5.02 Å². The normalized spacial score (nSPS) is 10.8. The Morgan fingerprint density at radius 2 is 2.05 bits per heavy atom. The van der Waals surface area contributed by atoms with Crippen LogP contribution in [-0.4, -0.2) is 23.4 Å². The molecule has 106 valence electrons. The monoisotopic (exact) mass is 282 g/mol. The zero-order valence-electron chi connectivity index (χ0n) is 11.9. The maximum absolute atomic E-state index is 12.5. The van der Waals surface area contributed by atoms with E-state index in [1.165, 1.54) is 0 Å². The van der Waals surface area contributed by atoms with E-state index in [0.29, 0.717) is 16.3 Å². The molecule has 2 N–H and O–H groups in total. The van der Waals surface area contributed by atoms with E-state index in [2.05, 4.69) is 6.92 Å². The summed E-state index contributed by atoms with van der Waals surface area (Å²) < 4.78 is 0. The standard InChI is InChI=1S/C15H23ClN2O/c1-4-5-6-9-18(11(2)3)15(19)13-8-7-12(17)10-14(13)16/h7-8,10-11H,4-6,9,17H2,1-3H3. The molecule has 1 aromatic rings. The zero-order chi connectivity index (χ0) is 14.4. The van der Waals surface area contributed by atoms with Crippen molar-refractivity contribution in [2.24, 2.45) is 0 Å². The molecule has 0 aromatic heterocycles. The van der Waals surface area contributed by atoms with Gasteiger partial charge in [-0.1, -0.05) is 31.4 Å². The number of rotatable bonds is 6. The highest BCUT2D eigenvalue weighted by atomic mass is 35.5. The van der Waals surface area contributed by atoms with Gasteiger partial charge in [0.1, 0.15) is 0 Å². The van der Waals surface area contributed by atoms with E-state index in [9.17, 15) is 4.79 Å². The Morgan fingerprint density at radius 1 is 1.37 bits per heavy atom. The molecule has 0 heterocycles. The molecule has 0 aliphatic carbocycles. The summed E-state index contributed by atoms with van der Waals surface area (Å²) in [4.78, 5) is 14.4. The molecule has 0 aliphatic rings. The number of nitrogens with zero attached hydrogens (tertiary/aromatic N) is 1. The molecule has 0 fully saturated rings. The summed E-state index contributed by atoms with van der Waals surface area (Å²) in [5, 5.41) is 0.422. The Morgan fingerprint density at radius 3 is 2.58 bits per heavy atom. The molecule has 0 aliphatic heterocycles. The van der Waals surface area contributed by atoms with Gasteiger partial charge in [0.05, 0.1) is 10.6 Å². The third kappa shape index (κ3) is 4.43. The van der Waals surface area contributed by atoms with Crippen molar-refractivity contribution in [2.45, 2.75) is 46.1 Å². The van der Waals surface area contributed by atoms with Gasteiger partial charge in [-0.05, 0) is 38.5 Å². The van der Waals surface area contributed by atoms with E-state index in [0.717, 1.165) is 25.8 Å². The van der Waals surface area contributed by atoms with Crippen LogP contribution in [-0.2, 0) is 0 Å². The highest BCUT2D eigenvalue weighted by Gasteiger charge is 2.20. The maximum Gasteiger partial charge on any atom is 0.255 e. The topological polar surface area (TPSA) is 46.3 Å². The third-order valence-corrected chi connectivity index (χ3v) is 3.42. The summed E-state index contributed by atoms with van der Waals surface area (Å²) in [6, 6.07) is 5.20. The van der Waals surface area contributed by atoms with Gasteiger partial charge in [-0.25, -0.2) is 0 Å². The van der Waals surface area contributed by atoms with Crippen molar-refractivity contribution < 1.29 is 4.79 Å². The predicted octanol–water partition coefficient (Wildman–Crippen LogP) is 3.96. The average molecular weight is 283 g/mol. The van der Waals surface area contributed by atoms with Crippen molar-refractivity contribution in [1.82, 2.24) is 4.90 Å². The van der Waals surface area contributed by atoms with Crippen LogP contribution < -0.4 is 5.73 Å². The summed E-state index contributed by atoms with van der Waals surface area (Å²) in [6.45, 7) is 6.97. The first-order valence-electron chi connectivity index (χ1n) is 6.83. The van der Waals surface area contributed by atoms with Crippen LogP contribution >= 0.6 is 11.6 Å². The molecule has 0 bridgehead atoms. The van der Waals surface area contributed by atoms with Gasteiger partial charge in [0.25, 0.3) is 5.91 Å². The summed E-state index contributed by atoms with van der Waals surface area (Å²) in [6.07, 6.45) is 3.29. The minimum atomic E-state index is -0.0175. The molecule has 0 atom stereocenters. The Kier molecular flexibility index (Phi) is 6.16. The zero-order valence-corrected chi connectivity index (χ0v) is 12.7. The molecule has 19 heavy (non-hydrogen) atoms. The number of carbonyl (C=O) groups is 1. The molecule has 0 radical (unpaired) electrons. The summed E-state index contributed by atoms with van der Waals surface area (Å²) >= 11 is 6.11. The van der Waals surface area contributed by atoms with Crippen LogP contribution in [0.5, 0.6) is 0 Å². The fourth-order valence-electron chi connectivity index (χ4n) is 1.99. The summed E-state index contributed by atoms with van der Waals surface area (Å²) in [5.41, 5.74) is 6.75. The van der Waals surface area contributed by atoms with Crippen molar-refractivity contribution in [1.29, 1.82) is 0 Å². The lowest BCUT2D eigenvalue weighted by Gasteiger charge is -2.27. The van der Waals surface area contributed by atoms with E-state index in [1.54, 1.807) is 18.2 Å². The maximum atomic E-state index is 12.5. The highest BCUT2D eigenvalue weighted by molar-refractivity contribution is 6.34. The van der Waals surface area contributed by atoms with Gasteiger partial charge in [-0.2, -0.15) is 0 Å². The van der Waals surface area contributed by atoms with Gasteiger partial charge in [0.15, 0.2) is 0 Å². The molecular weight excluding hydrogens is 260 g/mol. The first-order valence-corrected chi connectivity index (χ1v) is 7.21. The summed E-state index contributed by atoms with van der Waals surface area (Å²) in [5.74, 6) is -0.0175. The van der Waals surface area contributed by atoms with Crippen LogP contribution in [0.1, 0.15) is 50.4 Å². The number of halogens is 1. The fourth-order valence-corrected chi connectivity index (χ4v) is 2.26. The van der Waals surface area contributed by atoms with E-state index in [-0.39, 0.29) is 11.9 Å². The largest absolute Gasteiger partial charge is 0.399 e. The van der Waals surface area contributed by atoms with E-state index >= 15 is 0 Å². The van der Waals surface area contributed by atoms with Crippen molar-refractivity contribution in [2.75, 3.05) is 12.3 Å². The number of hydrogen-bond acceptors (Lipinski definition) is 2. The van der Waals surface area contributed by atoms with Gasteiger partial charge in [0.2, 0.25) is 0 Å². The second-order valence-corrected chi connectivity index (χ2v) is 5.45. The lowest BCUT2D eigenvalue weighted by Crippen LogP contribution is -2.37. The molecular formula is C15H23ClN2O. The van der Waals surface area contributed by atoms with Crippen molar-refractivity contribution in [3.63, 3.8) is 0 Å². The molecule has 0 unspecified atom stereocenters. The number of carbonyl (C=O) groups excluding carboxylic acids is 1. The minimum absolute atomic E-state index is 0.0175. The molecule has 0 saturated carbocycles. The first kappa shape index (κ1) is 15.8. The Balaban J connectivity index is 2.86. The first-order chi connectivity index (χ1) is 8.97.